The second kappa shape index (κ2) is 5.20. The van der Waals surface area contributed by atoms with E-state index in [2.05, 4.69) is 46.0 Å². The Kier molecular flexibility index (Phi) is 4.29. The first-order chi connectivity index (χ1) is 8.13. The number of benzene rings is 1. The Morgan fingerprint density at radius 3 is 2.33 bits per heavy atom. The molecule has 0 unspecified atom stereocenters. The fourth-order valence-corrected chi connectivity index (χ4v) is 2.62. The van der Waals surface area contributed by atoms with Crippen molar-refractivity contribution in [2.75, 3.05) is 5.32 Å². The summed E-state index contributed by atoms with van der Waals surface area (Å²) in [5.41, 5.74) is 1.57. The van der Waals surface area contributed by atoms with E-state index in [1.54, 1.807) is 12.1 Å². The van der Waals surface area contributed by atoms with Crippen LogP contribution in [0.25, 0.3) is 0 Å². The Morgan fingerprint density at radius 2 is 1.83 bits per heavy atom. The highest BCUT2D eigenvalue weighted by Gasteiger charge is 2.25. The van der Waals surface area contributed by atoms with Gasteiger partial charge in [0.1, 0.15) is 6.07 Å². The van der Waals surface area contributed by atoms with Crippen LogP contribution in [0.2, 0.25) is 5.02 Å². The van der Waals surface area contributed by atoms with Gasteiger partial charge in [0, 0.05) is 10.6 Å². The Hall–Kier alpha value is -1.20. The van der Waals surface area contributed by atoms with Crippen LogP contribution >= 0.6 is 11.6 Å². The molecule has 3 heteroatoms. The number of halogens is 1. The lowest BCUT2D eigenvalue weighted by Crippen LogP contribution is -2.35. The van der Waals surface area contributed by atoms with Crippen LogP contribution in [0.5, 0.6) is 0 Å². The summed E-state index contributed by atoms with van der Waals surface area (Å²) in [5, 5.41) is 13.2. The lowest BCUT2D eigenvalue weighted by molar-refractivity contribution is 0.302. The van der Waals surface area contributed by atoms with Gasteiger partial charge in [-0.1, -0.05) is 32.4 Å². The highest BCUT2D eigenvalue weighted by Crippen LogP contribution is 2.31. The van der Waals surface area contributed by atoms with Gasteiger partial charge in [0.05, 0.1) is 11.3 Å². The first-order valence-corrected chi connectivity index (χ1v) is 6.49. The summed E-state index contributed by atoms with van der Waals surface area (Å²) in [4.78, 5) is 0. The average molecular weight is 265 g/mol. The second-order valence-electron chi connectivity index (χ2n) is 6.55. The van der Waals surface area contributed by atoms with Gasteiger partial charge in [0.2, 0.25) is 0 Å². The molecule has 0 aliphatic rings. The lowest BCUT2D eigenvalue weighted by Gasteiger charge is -2.34. The van der Waals surface area contributed by atoms with Crippen LogP contribution in [0.4, 0.5) is 5.69 Å². The predicted molar refractivity (Wildman–Crippen MR) is 77.9 cm³/mol. The molecule has 0 spiro atoms. The molecule has 2 nitrogen and oxygen atoms in total. The zero-order chi connectivity index (χ0) is 14.0. The smallest absolute Gasteiger partial charge is 0.101 e. The molecule has 0 aromatic heterocycles. The van der Waals surface area contributed by atoms with Crippen molar-refractivity contribution in [3.05, 3.63) is 28.8 Å². The summed E-state index contributed by atoms with van der Waals surface area (Å²) in [6.07, 6.45) is 0.997. The van der Waals surface area contributed by atoms with Crippen LogP contribution in [0.15, 0.2) is 18.2 Å². The van der Waals surface area contributed by atoms with E-state index in [4.69, 9.17) is 16.9 Å². The van der Waals surface area contributed by atoms with E-state index >= 15 is 0 Å². The molecule has 0 saturated carbocycles. The van der Waals surface area contributed by atoms with Crippen molar-refractivity contribution in [1.29, 1.82) is 5.26 Å². The monoisotopic (exact) mass is 264 g/mol. The third kappa shape index (κ3) is 4.58. The van der Waals surface area contributed by atoms with E-state index in [1.807, 2.05) is 6.07 Å². The Balaban J connectivity index is 2.97. The van der Waals surface area contributed by atoms with Crippen molar-refractivity contribution in [2.24, 2.45) is 5.41 Å². The SMILES string of the molecule is CC(C)(C)CC(C)(C)Nc1cc(Cl)ccc1C#N. The number of hydrogen-bond acceptors (Lipinski definition) is 2. The molecule has 98 valence electrons. The molecule has 0 atom stereocenters. The maximum absolute atomic E-state index is 9.11. The normalized spacial score (nSPS) is 12.1. The van der Waals surface area contributed by atoms with Gasteiger partial charge in [-0.05, 0) is 43.9 Å². The molecule has 1 aromatic carbocycles. The second-order valence-corrected chi connectivity index (χ2v) is 6.98. The van der Waals surface area contributed by atoms with Crippen LogP contribution in [0.3, 0.4) is 0 Å². The fraction of sp³-hybridized carbons (Fsp3) is 0.533. The Bertz CT molecular complexity index is 464. The van der Waals surface area contributed by atoms with Gasteiger partial charge in [-0.2, -0.15) is 5.26 Å². The minimum absolute atomic E-state index is 0.0888. The molecular formula is C15H21ClN2. The number of anilines is 1. The molecular weight excluding hydrogens is 244 g/mol. The van der Waals surface area contributed by atoms with Gasteiger partial charge in [0.25, 0.3) is 0 Å². The molecule has 1 N–H and O–H groups in total. The van der Waals surface area contributed by atoms with Crippen LogP contribution in [0.1, 0.15) is 46.6 Å². The number of nitriles is 1. The van der Waals surface area contributed by atoms with Gasteiger partial charge in [-0.25, -0.2) is 0 Å². The van der Waals surface area contributed by atoms with E-state index in [1.165, 1.54) is 0 Å². The molecule has 18 heavy (non-hydrogen) atoms. The highest BCUT2D eigenvalue weighted by molar-refractivity contribution is 6.30. The minimum atomic E-state index is -0.0888. The first kappa shape index (κ1) is 14.9. The van der Waals surface area contributed by atoms with Gasteiger partial charge >= 0.3 is 0 Å². The minimum Gasteiger partial charge on any atom is -0.379 e. The van der Waals surface area contributed by atoms with Gasteiger partial charge in [-0.15, -0.1) is 0 Å². The van der Waals surface area contributed by atoms with Crippen molar-refractivity contribution in [3.63, 3.8) is 0 Å². The van der Waals surface area contributed by atoms with Gasteiger partial charge in [-0.3, -0.25) is 0 Å². The molecule has 0 radical (unpaired) electrons. The van der Waals surface area contributed by atoms with Crippen LogP contribution in [-0.2, 0) is 0 Å². The maximum Gasteiger partial charge on any atom is 0.101 e. The zero-order valence-corrected chi connectivity index (χ0v) is 12.5. The van der Waals surface area contributed by atoms with E-state index in [-0.39, 0.29) is 11.0 Å². The molecule has 0 bridgehead atoms. The summed E-state index contributed by atoms with van der Waals surface area (Å²) in [6, 6.07) is 7.48. The first-order valence-electron chi connectivity index (χ1n) is 6.11. The largest absolute Gasteiger partial charge is 0.379 e. The summed E-state index contributed by atoms with van der Waals surface area (Å²) >= 11 is 5.99. The molecule has 1 aromatic rings. The molecule has 0 aliphatic heterocycles. The summed E-state index contributed by atoms with van der Waals surface area (Å²) in [5.74, 6) is 0. The highest BCUT2D eigenvalue weighted by atomic mass is 35.5. The van der Waals surface area contributed by atoms with Gasteiger partial charge in [0.15, 0.2) is 0 Å². The molecule has 0 amide bonds. The molecule has 0 heterocycles. The van der Waals surface area contributed by atoms with E-state index in [0.29, 0.717) is 10.6 Å². The number of hydrogen-bond donors (Lipinski definition) is 1. The number of rotatable bonds is 3. The van der Waals surface area contributed by atoms with Gasteiger partial charge < -0.3 is 5.32 Å². The number of nitrogens with one attached hydrogen (secondary N) is 1. The van der Waals surface area contributed by atoms with E-state index in [9.17, 15) is 0 Å². The topological polar surface area (TPSA) is 35.8 Å². The Morgan fingerprint density at radius 1 is 1.22 bits per heavy atom. The molecule has 1 rings (SSSR count). The third-order valence-electron chi connectivity index (χ3n) is 2.55. The standard InChI is InChI=1S/C15H21ClN2/c1-14(2,3)10-15(4,5)18-13-8-12(16)7-6-11(13)9-17/h6-8,18H,10H2,1-5H3. The third-order valence-corrected chi connectivity index (χ3v) is 2.78. The molecule has 0 fully saturated rings. The average Bonchev–Trinajstić information content (AvgIpc) is 2.13. The van der Waals surface area contributed by atoms with Crippen molar-refractivity contribution in [1.82, 2.24) is 0 Å². The van der Waals surface area contributed by atoms with Crippen LogP contribution in [-0.4, -0.2) is 5.54 Å². The number of nitrogens with zero attached hydrogens (tertiary/aromatic N) is 1. The molecule has 0 aliphatic carbocycles. The van der Waals surface area contributed by atoms with E-state index < -0.39 is 0 Å². The Labute approximate surface area is 115 Å². The quantitative estimate of drug-likeness (QED) is 0.848. The summed E-state index contributed by atoms with van der Waals surface area (Å²) in [6.45, 7) is 10.9. The van der Waals surface area contributed by atoms with E-state index in [0.717, 1.165) is 12.1 Å². The predicted octanol–water partition coefficient (Wildman–Crippen LogP) is 4.84. The summed E-state index contributed by atoms with van der Waals surface area (Å²) < 4.78 is 0. The molecule has 0 saturated heterocycles. The summed E-state index contributed by atoms with van der Waals surface area (Å²) in [7, 11) is 0. The van der Waals surface area contributed by atoms with Crippen molar-refractivity contribution in [2.45, 2.75) is 46.6 Å². The van der Waals surface area contributed by atoms with Crippen molar-refractivity contribution >= 4 is 17.3 Å². The maximum atomic E-state index is 9.11. The van der Waals surface area contributed by atoms with Crippen LogP contribution < -0.4 is 5.32 Å². The zero-order valence-electron chi connectivity index (χ0n) is 11.8. The fourth-order valence-electron chi connectivity index (χ4n) is 2.45. The van der Waals surface area contributed by atoms with Crippen molar-refractivity contribution < 1.29 is 0 Å². The van der Waals surface area contributed by atoms with Crippen molar-refractivity contribution in [3.8, 4) is 6.07 Å². The lowest BCUT2D eigenvalue weighted by atomic mass is 9.81. The van der Waals surface area contributed by atoms with Crippen LogP contribution in [0, 0.1) is 16.7 Å².